The van der Waals surface area contributed by atoms with Crippen LogP contribution in [-0.2, 0) is 6.42 Å². The van der Waals surface area contributed by atoms with Gasteiger partial charge in [-0.05, 0) is 12.0 Å². The largest absolute Gasteiger partial charge is 0.274 e. The normalized spacial score (nSPS) is 15.9. The van der Waals surface area contributed by atoms with Crippen LogP contribution in [0.25, 0.3) is 0 Å². The third-order valence-corrected chi connectivity index (χ3v) is 4.51. The summed E-state index contributed by atoms with van der Waals surface area (Å²) in [6, 6.07) is 21.1. The molecule has 0 atom stereocenters. The first-order valence-electron chi connectivity index (χ1n) is 6.91. The van der Waals surface area contributed by atoms with Gasteiger partial charge in [0.25, 0.3) is 0 Å². The lowest BCUT2D eigenvalue weighted by atomic mass is 10.1. The predicted octanol–water partition coefficient (Wildman–Crippen LogP) is 3.64. The van der Waals surface area contributed by atoms with Crippen molar-refractivity contribution in [3.63, 3.8) is 0 Å². The number of benzene rings is 2. The lowest BCUT2D eigenvalue weighted by molar-refractivity contribution is 0.334. The first-order chi connectivity index (χ1) is 9.92. The van der Waals surface area contributed by atoms with Crippen LogP contribution in [0.2, 0.25) is 0 Å². The summed E-state index contributed by atoms with van der Waals surface area (Å²) in [5.41, 5.74) is 2.63. The van der Waals surface area contributed by atoms with Gasteiger partial charge in [-0.1, -0.05) is 72.4 Å². The molecule has 2 nitrogen and oxygen atoms in total. The van der Waals surface area contributed by atoms with Crippen molar-refractivity contribution in [1.82, 2.24) is 4.90 Å². The summed E-state index contributed by atoms with van der Waals surface area (Å²) in [5.74, 6) is 1.03. The van der Waals surface area contributed by atoms with Gasteiger partial charge in [0, 0.05) is 12.1 Å². The smallest absolute Gasteiger partial charge is 0.101 e. The number of aliphatic imine (C=N–C) groups is 1. The lowest BCUT2D eigenvalue weighted by Gasteiger charge is -2.24. The molecule has 0 aromatic heterocycles. The van der Waals surface area contributed by atoms with Crippen LogP contribution in [0.4, 0.5) is 0 Å². The van der Waals surface area contributed by atoms with Crippen molar-refractivity contribution in [3.8, 4) is 0 Å². The number of hydrogen-bond acceptors (Lipinski definition) is 3. The quantitative estimate of drug-likeness (QED) is 0.851. The maximum absolute atomic E-state index is 4.70. The number of hydrogen-bond donors (Lipinski definition) is 0. The van der Waals surface area contributed by atoms with Crippen molar-refractivity contribution >= 4 is 16.8 Å². The van der Waals surface area contributed by atoms with E-state index in [1.807, 2.05) is 17.8 Å². The Morgan fingerprint density at radius 3 is 2.30 bits per heavy atom. The van der Waals surface area contributed by atoms with Crippen LogP contribution in [0.1, 0.15) is 11.1 Å². The van der Waals surface area contributed by atoms with Crippen LogP contribution in [-0.4, -0.2) is 29.0 Å². The average Bonchev–Trinajstić information content (AvgIpc) is 2.55. The van der Waals surface area contributed by atoms with E-state index in [0.717, 1.165) is 25.5 Å². The molecule has 20 heavy (non-hydrogen) atoms. The average molecular weight is 282 g/mol. The molecule has 1 aliphatic heterocycles. The molecule has 0 unspecified atom stereocenters. The van der Waals surface area contributed by atoms with Crippen molar-refractivity contribution in [3.05, 3.63) is 71.8 Å². The maximum atomic E-state index is 4.70. The van der Waals surface area contributed by atoms with Crippen molar-refractivity contribution in [2.75, 3.05) is 19.1 Å². The van der Waals surface area contributed by atoms with E-state index in [0.29, 0.717) is 0 Å². The molecule has 0 saturated carbocycles. The SMILES string of the molecule is c1ccc(CCN2CN=C(c3ccccc3)SC2)cc1. The summed E-state index contributed by atoms with van der Waals surface area (Å²) in [7, 11) is 0. The first-order valence-corrected chi connectivity index (χ1v) is 7.89. The van der Waals surface area contributed by atoms with Crippen LogP contribution < -0.4 is 0 Å². The first kappa shape index (κ1) is 13.4. The Kier molecular flexibility index (Phi) is 4.51. The molecular formula is C17H18N2S. The summed E-state index contributed by atoms with van der Waals surface area (Å²) in [6.45, 7) is 1.88. The minimum absolute atomic E-state index is 0.810. The highest BCUT2D eigenvalue weighted by molar-refractivity contribution is 8.14. The van der Waals surface area contributed by atoms with Gasteiger partial charge in [0.2, 0.25) is 0 Å². The molecule has 0 radical (unpaired) electrons. The van der Waals surface area contributed by atoms with Crippen molar-refractivity contribution in [2.45, 2.75) is 6.42 Å². The zero-order valence-corrected chi connectivity index (χ0v) is 12.2. The van der Waals surface area contributed by atoms with Gasteiger partial charge in [-0.25, -0.2) is 0 Å². The molecule has 1 heterocycles. The van der Waals surface area contributed by atoms with E-state index in [2.05, 4.69) is 59.5 Å². The van der Waals surface area contributed by atoms with Gasteiger partial charge in [-0.3, -0.25) is 9.89 Å². The van der Waals surface area contributed by atoms with Crippen LogP contribution in [0.5, 0.6) is 0 Å². The molecule has 2 aromatic carbocycles. The van der Waals surface area contributed by atoms with Crippen LogP contribution in [0.3, 0.4) is 0 Å². The van der Waals surface area contributed by atoms with Gasteiger partial charge in [0.1, 0.15) is 5.04 Å². The van der Waals surface area contributed by atoms with E-state index in [4.69, 9.17) is 4.99 Å². The van der Waals surface area contributed by atoms with Crippen molar-refractivity contribution < 1.29 is 0 Å². The molecule has 0 N–H and O–H groups in total. The molecule has 0 amide bonds. The Hall–Kier alpha value is -1.58. The zero-order valence-electron chi connectivity index (χ0n) is 11.4. The van der Waals surface area contributed by atoms with Crippen LogP contribution >= 0.6 is 11.8 Å². The second kappa shape index (κ2) is 6.73. The van der Waals surface area contributed by atoms with E-state index >= 15 is 0 Å². The van der Waals surface area contributed by atoms with E-state index < -0.39 is 0 Å². The van der Waals surface area contributed by atoms with Gasteiger partial charge in [-0.2, -0.15) is 0 Å². The fourth-order valence-corrected chi connectivity index (χ4v) is 3.19. The topological polar surface area (TPSA) is 15.6 Å². The Morgan fingerprint density at radius 1 is 0.950 bits per heavy atom. The summed E-state index contributed by atoms with van der Waals surface area (Å²) in [4.78, 5) is 7.09. The molecule has 3 heteroatoms. The minimum atomic E-state index is 0.810. The third-order valence-electron chi connectivity index (χ3n) is 3.38. The summed E-state index contributed by atoms with van der Waals surface area (Å²) >= 11 is 1.84. The molecule has 3 rings (SSSR count). The van der Waals surface area contributed by atoms with Gasteiger partial charge >= 0.3 is 0 Å². The second-order valence-electron chi connectivity index (χ2n) is 4.87. The molecule has 1 aliphatic rings. The molecule has 0 spiro atoms. The lowest BCUT2D eigenvalue weighted by Crippen LogP contribution is -2.30. The number of rotatable bonds is 4. The predicted molar refractivity (Wildman–Crippen MR) is 87.2 cm³/mol. The molecule has 102 valence electrons. The fraction of sp³-hybridized carbons (Fsp3) is 0.235. The third kappa shape index (κ3) is 3.50. The Balaban J connectivity index is 1.54. The molecular weight excluding hydrogens is 264 g/mol. The Labute approximate surface area is 124 Å². The maximum Gasteiger partial charge on any atom is 0.101 e. The van der Waals surface area contributed by atoms with E-state index in [9.17, 15) is 0 Å². The number of nitrogens with zero attached hydrogens (tertiary/aromatic N) is 2. The van der Waals surface area contributed by atoms with E-state index in [-0.39, 0.29) is 0 Å². The van der Waals surface area contributed by atoms with Crippen molar-refractivity contribution in [2.24, 2.45) is 4.99 Å². The molecule has 2 aromatic rings. The Bertz CT molecular complexity index is 566. The second-order valence-corrected chi connectivity index (χ2v) is 5.81. The molecule has 0 aliphatic carbocycles. The minimum Gasteiger partial charge on any atom is -0.274 e. The summed E-state index contributed by atoms with van der Waals surface area (Å²) in [6.07, 6.45) is 1.09. The highest BCUT2D eigenvalue weighted by Gasteiger charge is 2.14. The zero-order chi connectivity index (χ0) is 13.6. The monoisotopic (exact) mass is 282 g/mol. The van der Waals surface area contributed by atoms with E-state index in [1.54, 1.807) is 0 Å². The molecule has 0 saturated heterocycles. The van der Waals surface area contributed by atoms with Gasteiger partial charge < -0.3 is 0 Å². The highest BCUT2D eigenvalue weighted by atomic mass is 32.2. The van der Waals surface area contributed by atoms with Gasteiger partial charge in [0.15, 0.2) is 0 Å². The Morgan fingerprint density at radius 2 is 1.65 bits per heavy atom. The van der Waals surface area contributed by atoms with Crippen molar-refractivity contribution in [1.29, 1.82) is 0 Å². The summed E-state index contributed by atoms with van der Waals surface area (Å²) in [5, 5.41) is 1.17. The number of thioether (sulfide) groups is 1. The van der Waals surface area contributed by atoms with Gasteiger partial charge in [-0.15, -0.1) is 0 Å². The summed E-state index contributed by atoms with van der Waals surface area (Å²) < 4.78 is 0. The molecule has 0 bridgehead atoms. The standard InChI is InChI=1S/C17H18N2S/c1-3-7-15(8-4-1)11-12-19-13-18-17(20-14-19)16-9-5-2-6-10-16/h1-10H,11-14H2. The van der Waals surface area contributed by atoms with Gasteiger partial charge in [0.05, 0.1) is 12.5 Å². The van der Waals surface area contributed by atoms with Crippen LogP contribution in [0.15, 0.2) is 65.7 Å². The van der Waals surface area contributed by atoms with E-state index in [1.165, 1.54) is 16.2 Å². The van der Waals surface area contributed by atoms with Crippen LogP contribution in [0, 0.1) is 0 Å². The fourth-order valence-electron chi connectivity index (χ4n) is 2.23. The highest BCUT2D eigenvalue weighted by Crippen LogP contribution is 2.19. The molecule has 0 fully saturated rings.